The number of nitrogens with zero attached hydrogens (tertiary/aromatic N) is 2. The summed E-state index contributed by atoms with van der Waals surface area (Å²) in [5.74, 6) is 0.0841. The van der Waals surface area contributed by atoms with Crippen LogP contribution in [0.1, 0.15) is 25.0 Å². The maximum atomic E-state index is 12.0. The van der Waals surface area contributed by atoms with E-state index in [2.05, 4.69) is 17.4 Å². The van der Waals surface area contributed by atoms with E-state index in [-0.39, 0.29) is 11.5 Å². The van der Waals surface area contributed by atoms with Crippen LogP contribution in [0.4, 0.5) is 0 Å². The number of nitrogens with one attached hydrogen (secondary N) is 1. The van der Waals surface area contributed by atoms with E-state index in [4.69, 9.17) is 0 Å². The van der Waals surface area contributed by atoms with Gasteiger partial charge in [-0.3, -0.25) is 4.79 Å². The maximum absolute atomic E-state index is 12.0. The maximum Gasteiger partial charge on any atom is 0.263 e. The lowest BCUT2D eigenvalue weighted by Gasteiger charge is -2.27. The van der Waals surface area contributed by atoms with Crippen molar-refractivity contribution < 1.29 is 4.79 Å². The molecule has 0 aliphatic carbocycles. The molecule has 0 saturated heterocycles. The first-order chi connectivity index (χ1) is 10.1. The van der Waals surface area contributed by atoms with Gasteiger partial charge in [-0.25, -0.2) is 0 Å². The summed E-state index contributed by atoms with van der Waals surface area (Å²) in [7, 11) is 0. The van der Waals surface area contributed by atoms with Gasteiger partial charge >= 0.3 is 0 Å². The number of amides is 1. The van der Waals surface area contributed by atoms with Gasteiger partial charge in [0.15, 0.2) is 0 Å². The van der Waals surface area contributed by atoms with Gasteiger partial charge in [-0.1, -0.05) is 38.1 Å². The first-order valence-electron chi connectivity index (χ1n) is 7.31. The van der Waals surface area contributed by atoms with E-state index in [0.717, 1.165) is 19.5 Å². The van der Waals surface area contributed by atoms with Gasteiger partial charge in [0.25, 0.3) is 5.91 Å². The minimum Gasteiger partial charge on any atom is -0.371 e. The molecule has 1 amide bonds. The normalized spacial score (nSPS) is 14.6. The number of rotatable bonds is 4. The summed E-state index contributed by atoms with van der Waals surface area (Å²) < 4.78 is 0. The molecular formula is C17H21N3O. The summed E-state index contributed by atoms with van der Waals surface area (Å²) in [6.45, 7) is 6.22. The highest BCUT2D eigenvalue weighted by Crippen LogP contribution is 2.19. The highest BCUT2D eigenvalue weighted by molar-refractivity contribution is 5.97. The molecule has 0 unspecified atom stereocenters. The van der Waals surface area contributed by atoms with Gasteiger partial charge in [0.05, 0.1) is 0 Å². The first-order valence-corrected chi connectivity index (χ1v) is 7.31. The Morgan fingerprint density at radius 2 is 2.14 bits per heavy atom. The van der Waals surface area contributed by atoms with Crippen LogP contribution in [0.5, 0.6) is 0 Å². The molecule has 0 spiro atoms. The second kappa shape index (κ2) is 6.94. The summed E-state index contributed by atoms with van der Waals surface area (Å²) in [4.78, 5) is 14.0. The summed E-state index contributed by atoms with van der Waals surface area (Å²) >= 11 is 0. The van der Waals surface area contributed by atoms with Crippen molar-refractivity contribution in [2.45, 2.75) is 26.8 Å². The van der Waals surface area contributed by atoms with Crippen LogP contribution >= 0.6 is 0 Å². The molecule has 2 rings (SSSR count). The SMILES string of the molecule is CC(C)CNC(=O)/C(C#N)=C\N1CCc2ccccc2C1. The van der Waals surface area contributed by atoms with Crippen molar-refractivity contribution in [2.75, 3.05) is 13.1 Å². The van der Waals surface area contributed by atoms with Crippen LogP contribution in [0.15, 0.2) is 36.0 Å². The van der Waals surface area contributed by atoms with Gasteiger partial charge < -0.3 is 10.2 Å². The van der Waals surface area contributed by atoms with Crippen molar-refractivity contribution in [3.63, 3.8) is 0 Å². The minimum absolute atomic E-state index is 0.176. The summed E-state index contributed by atoms with van der Waals surface area (Å²) in [6.07, 6.45) is 2.63. The van der Waals surface area contributed by atoms with Crippen molar-refractivity contribution >= 4 is 5.91 Å². The molecule has 0 bridgehead atoms. The summed E-state index contributed by atoms with van der Waals surface area (Å²) in [5.41, 5.74) is 2.79. The Hall–Kier alpha value is -2.28. The highest BCUT2D eigenvalue weighted by atomic mass is 16.1. The molecule has 1 N–H and O–H groups in total. The van der Waals surface area contributed by atoms with E-state index < -0.39 is 0 Å². The average Bonchev–Trinajstić information content (AvgIpc) is 2.50. The van der Waals surface area contributed by atoms with Crippen LogP contribution in [0.3, 0.4) is 0 Å². The van der Waals surface area contributed by atoms with E-state index in [1.165, 1.54) is 11.1 Å². The predicted molar refractivity (Wildman–Crippen MR) is 82.1 cm³/mol. The van der Waals surface area contributed by atoms with Gasteiger partial charge in [-0.15, -0.1) is 0 Å². The fourth-order valence-corrected chi connectivity index (χ4v) is 2.34. The molecule has 0 aromatic heterocycles. The topological polar surface area (TPSA) is 56.1 Å². The van der Waals surface area contributed by atoms with Gasteiger partial charge in [0.2, 0.25) is 0 Å². The molecule has 1 heterocycles. The van der Waals surface area contributed by atoms with Crippen LogP contribution in [0, 0.1) is 17.2 Å². The van der Waals surface area contributed by atoms with Gasteiger partial charge in [-0.05, 0) is 23.5 Å². The number of carbonyl (C=O) groups excluding carboxylic acids is 1. The lowest BCUT2D eigenvalue weighted by molar-refractivity contribution is -0.117. The zero-order valence-corrected chi connectivity index (χ0v) is 12.6. The Balaban J connectivity index is 2.05. The Bertz CT molecular complexity index is 584. The number of hydrogen-bond acceptors (Lipinski definition) is 3. The molecule has 1 aliphatic heterocycles. The van der Waals surface area contributed by atoms with Crippen molar-refractivity contribution in [1.29, 1.82) is 5.26 Å². The van der Waals surface area contributed by atoms with E-state index in [9.17, 15) is 10.1 Å². The van der Waals surface area contributed by atoms with Gasteiger partial charge in [0, 0.05) is 25.8 Å². The van der Waals surface area contributed by atoms with E-state index in [1.54, 1.807) is 6.20 Å². The minimum atomic E-state index is -0.287. The van der Waals surface area contributed by atoms with Gasteiger partial charge in [-0.2, -0.15) is 5.26 Å². The molecule has 4 heteroatoms. The summed E-state index contributed by atoms with van der Waals surface area (Å²) in [5, 5.41) is 12.0. The van der Waals surface area contributed by atoms with E-state index >= 15 is 0 Å². The smallest absolute Gasteiger partial charge is 0.263 e. The zero-order chi connectivity index (χ0) is 15.2. The molecule has 1 aliphatic rings. The number of benzene rings is 1. The standard InChI is InChI=1S/C17H21N3O/c1-13(2)10-19-17(21)16(9-18)12-20-8-7-14-5-3-4-6-15(14)11-20/h3-6,12-13H,7-8,10-11H2,1-2H3,(H,19,21)/b16-12-. The largest absolute Gasteiger partial charge is 0.371 e. The fourth-order valence-electron chi connectivity index (χ4n) is 2.34. The van der Waals surface area contributed by atoms with Gasteiger partial charge in [0.1, 0.15) is 11.6 Å². The van der Waals surface area contributed by atoms with Crippen molar-refractivity contribution in [2.24, 2.45) is 5.92 Å². The lowest BCUT2D eigenvalue weighted by Crippen LogP contribution is -2.31. The number of nitriles is 1. The zero-order valence-electron chi connectivity index (χ0n) is 12.6. The first kappa shape index (κ1) is 15.1. The van der Waals surface area contributed by atoms with Crippen molar-refractivity contribution in [3.8, 4) is 6.07 Å². The Morgan fingerprint density at radius 3 is 2.81 bits per heavy atom. The highest BCUT2D eigenvalue weighted by Gasteiger charge is 2.16. The molecule has 0 radical (unpaired) electrons. The molecule has 0 saturated carbocycles. The Kier molecular flexibility index (Phi) is 4.99. The van der Waals surface area contributed by atoms with Crippen molar-refractivity contribution in [3.05, 3.63) is 47.2 Å². The fraction of sp³-hybridized carbons (Fsp3) is 0.412. The second-order valence-corrected chi connectivity index (χ2v) is 5.75. The second-order valence-electron chi connectivity index (χ2n) is 5.75. The van der Waals surface area contributed by atoms with Crippen LogP contribution in [0.2, 0.25) is 0 Å². The molecule has 0 atom stereocenters. The number of carbonyl (C=O) groups is 1. The number of hydrogen-bond donors (Lipinski definition) is 1. The molecule has 0 fully saturated rings. The lowest BCUT2D eigenvalue weighted by atomic mass is 10.0. The summed E-state index contributed by atoms with van der Waals surface area (Å²) in [6, 6.07) is 10.3. The average molecular weight is 283 g/mol. The predicted octanol–water partition coefficient (Wildman–Crippen LogP) is 2.22. The van der Waals surface area contributed by atoms with Crippen LogP contribution in [0.25, 0.3) is 0 Å². The molecule has 1 aromatic rings. The third kappa shape index (κ3) is 4.09. The Morgan fingerprint density at radius 1 is 1.43 bits per heavy atom. The monoisotopic (exact) mass is 283 g/mol. The quantitative estimate of drug-likeness (QED) is 0.681. The van der Waals surface area contributed by atoms with Crippen LogP contribution in [-0.4, -0.2) is 23.9 Å². The number of fused-ring (bicyclic) bond motifs is 1. The third-order valence-corrected chi connectivity index (χ3v) is 3.51. The molecule has 1 aromatic carbocycles. The van der Waals surface area contributed by atoms with Crippen LogP contribution in [-0.2, 0) is 17.8 Å². The third-order valence-electron chi connectivity index (χ3n) is 3.51. The van der Waals surface area contributed by atoms with Crippen molar-refractivity contribution in [1.82, 2.24) is 10.2 Å². The van der Waals surface area contributed by atoms with E-state index in [1.807, 2.05) is 36.9 Å². The molecule has 4 nitrogen and oxygen atoms in total. The molecule has 21 heavy (non-hydrogen) atoms. The Labute approximate surface area is 126 Å². The molecule has 110 valence electrons. The van der Waals surface area contributed by atoms with Crippen LogP contribution < -0.4 is 5.32 Å². The molecular weight excluding hydrogens is 262 g/mol. The van der Waals surface area contributed by atoms with E-state index in [0.29, 0.717) is 12.5 Å².